The molecular weight excluding hydrogens is 1850 g/mol. The third-order valence-electron chi connectivity index (χ3n) is 24.5. The zero-order valence-corrected chi connectivity index (χ0v) is 87.3. The van der Waals surface area contributed by atoms with Crippen molar-refractivity contribution in [2.45, 2.75) is 325 Å². The van der Waals surface area contributed by atoms with E-state index in [1.54, 1.807) is 94.0 Å². The summed E-state index contributed by atoms with van der Waals surface area (Å²) in [4.78, 5) is 148. The molecule has 0 spiro atoms. The average Bonchev–Trinajstić information content (AvgIpc) is 1.63. The molecular formula is C98H138F4N20O12S4. The number of aliphatic hydroxyl groups is 4. The molecule has 12 N–H and O–H groups in total. The van der Waals surface area contributed by atoms with Gasteiger partial charge in [0.2, 0.25) is 0 Å². The molecule has 32 nitrogen and oxygen atoms in total. The zero-order chi connectivity index (χ0) is 102. The summed E-state index contributed by atoms with van der Waals surface area (Å²) in [6, 6.07) is 6.75. The van der Waals surface area contributed by atoms with Gasteiger partial charge in [0.15, 0.2) is 20.0 Å². The summed E-state index contributed by atoms with van der Waals surface area (Å²) in [7, 11) is 0. The van der Waals surface area contributed by atoms with Crippen LogP contribution in [0.15, 0.2) is 49.1 Å². The zero-order valence-electron chi connectivity index (χ0n) is 84.0. The Labute approximate surface area is 822 Å². The van der Waals surface area contributed by atoms with Crippen molar-refractivity contribution in [3.05, 3.63) is 114 Å². The monoisotopic (exact) mass is 1990 g/mol. The van der Waals surface area contributed by atoms with Crippen molar-refractivity contribution in [1.82, 2.24) is 80.7 Å². The number of hydrogen-bond acceptors (Lipinski definition) is 28. The summed E-state index contributed by atoms with van der Waals surface area (Å²) in [6.07, 6.45) is 15.0. The first-order valence-corrected chi connectivity index (χ1v) is 50.3. The number of pyridine rings is 4. The van der Waals surface area contributed by atoms with E-state index >= 15 is 0 Å². The molecule has 4 atom stereocenters. The van der Waals surface area contributed by atoms with Crippen LogP contribution in [0, 0.1) is 27.7 Å². The minimum absolute atomic E-state index is 0.00456. The number of rotatable bonds is 30. The SMILES string of the molecule is CCC(C)(C)Nc1cc(C)c(-c2sc(C(=O)NCC(C)(C)O)nc2C(=O)N2CC(F)(F)C[C@@H]2C)cn1.CCC(C)(C)Nc1cc(C)c(-c2sc(C(=O)NCC(C)(C)O)nc2C(=O)N2CCC[C@@H]2C)cn1.Cc1cc(NC(C)C)ncc1-c1sc(C(=O)NCC(C)(C)O)nc1C(=O)N1CC(F)(F)C[C@@H]1C.Cc1cc(NC2(C)CCC2)ncc1-c1sc(C(=O)NCC(C)(C)O)nc1C(=O)N1CCC[C@@H]1C. The first-order chi connectivity index (χ1) is 63.9. The minimum Gasteiger partial charge on any atom is -0.389 e. The van der Waals surface area contributed by atoms with E-state index in [9.17, 15) is 76.3 Å². The van der Waals surface area contributed by atoms with Crippen molar-refractivity contribution < 1.29 is 76.3 Å². The van der Waals surface area contributed by atoms with Crippen molar-refractivity contribution in [2.75, 3.05) is 73.6 Å². The average molecular weight is 1990 g/mol. The van der Waals surface area contributed by atoms with E-state index in [4.69, 9.17) is 0 Å². The predicted octanol–water partition coefficient (Wildman–Crippen LogP) is 16.4. The van der Waals surface area contributed by atoms with Crippen LogP contribution in [0.4, 0.5) is 40.8 Å². The maximum Gasteiger partial charge on any atom is 0.280 e. The predicted molar refractivity (Wildman–Crippen MR) is 535 cm³/mol. The molecule has 12 heterocycles. The normalized spacial score (nSPS) is 18.0. The van der Waals surface area contributed by atoms with E-state index in [0.717, 1.165) is 129 Å². The number of amides is 8. The van der Waals surface area contributed by atoms with Gasteiger partial charge in [0.25, 0.3) is 59.1 Å². The van der Waals surface area contributed by atoms with Crippen molar-refractivity contribution in [1.29, 1.82) is 0 Å². The Morgan fingerprint density at radius 1 is 0.420 bits per heavy atom. The van der Waals surface area contributed by atoms with Crippen LogP contribution < -0.4 is 42.5 Å². The molecule has 0 bridgehead atoms. The van der Waals surface area contributed by atoms with Gasteiger partial charge in [-0.25, -0.2) is 57.4 Å². The summed E-state index contributed by atoms with van der Waals surface area (Å²) in [6.45, 7) is 46.4. The van der Waals surface area contributed by atoms with Crippen molar-refractivity contribution in [2.24, 2.45) is 0 Å². The van der Waals surface area contributed by atoms with E-state index < -0.39 is 108 Å². The number of nitrogens with zero attached hydrogens (tertiary/aromatic N) is 12. The van der Waals surface area contributed by atoms with Crippen LogP contribution >= 0.6 is 45.3 Å². The lowest BCUT2D eigenvalue weighted by molar-refractivity contribution is 0.0115. The summed E-state index contributed by atoms with van der Waals surface area (Å²) in [5.41, 5.74) is 2.20. The fraction of sp³-hybridized carbons (Fsp3) is 0.592. The molecule has 5 aliphatic rings. The van der Waals surface area contributed by atoms with Gasteiger partial charge in [-0.05, 0) is 264 Å². The van der Waals surface area contributed by atoms with E-state index in [-0.39, 0.29) is 110 Å². The molecule has 0 aromatic carbocycles. The molecule has 1 saturated carbocycles. The number of halogens is 4. The topological polar surface area (TPSA) is 430 Å². The Bertz CT molecular complexity index is 5580. The first kappa shape index (κ1) is 110. The fourth-order valence-corrected chi connectivity index (χ4v) is 20.0. The molecule has 0 radical (unpaired) electrons. The van der Waals surface area contributed by atoms with E-state index in [1.165, 1.54) is 29.1 Å². The van der Waals surface area contributed by atoms with Gasteiger partial charge in [0, 0.05) is 146 Å². The highest BCUT2D eigenvalue weighted by Crippen LogP contribution is 2.44. The van der Waals surface area contributed by atoms with E-state index in [2.05, 4.69) is 131 Å². The van der Waals surface area contributed by atoms with Crippen LogP contribution in [0.1, 0.15) is 319 Å². The van der Waals surface area contributed by atoms with Gasteiger partial charge in [-0.1, -0.05) is 13.8 Å². The minimum atomic E-state index is -2.98. The Kier molecular flexibility index (Phi) is 34.8. The summed E-state index contributed by atoms with van der Waals surface area (Å²) < 4.78 is 56.1. The number of carbonyl (C=O) groups excluding carboxylic acids is 8. The summed E-state index contributed by atoms with van der Waals surface area (Å²) in [5.74, 6) is -6.59. The van der Waals surface area contributed by atoms with Gasteiger partial charge in [0.1, 0.15) is 46.0 Å². The van der Waals surface area contributed by atoms with E-state index in [1.807, 2.05) is 89.5 Å². The van der Waals surface area contributed by atoms with Gasteiger partial charge >= 0.3 is 0 Å². The lowest BCUT2D eigenvalue weighted by Gasteiger charge is -2.39. The number of hydrogen-bond donors (Lipinski definition) is 12. The second-order valence-electron chi connectivity index (χ2n) is 41.5. The Hall–Kier alpha value is -10.4. The van der Waals surface area contributed by atoms with Crippen LogP contribution in [-0.2, 0) is 0 Å². The molecule has 8 amide bonds. The Morgan fingerprint density at radius 3 is 0.920 bits per heavy atom. The molecule has 40 heteroatoms. The van der Waals surface area contributed by atoms with E-state index in [0.29, 0.717) is 61.1 Å². The standard InChI is InChI=1S/C25H35F2N5O3S.C25H35N5O3S.C25H37N5O3S.C23H31F2N5O3S/c1-8-23(4,5)31-17-9-14(2)16(11-28-17)19-18(22(34)32-13-25(26,27)10-15(32)3)30-21(36-19)20(33)29-12-24(6,7)35;1-15-12-18(29-25(5)9-7-10-25)26-13-17(15)20-19(23(32)30-11-6-8-16(30)2)28-22(34-20)21(31)27-14-24(3,4)33;1-8-24(4,5)29-18-12-15(2)17(13-26-18)20-19(23(32)30-11-9-10-16(30)3)28-22(34-20)21(31)27-14-25(6,7)33;1-12(2)28-16-7-13(3)15(9-26-16)18-17(21(32)30-11-23(24,25)8-14(30)4)29-20(34-18)19(31)27-10-22(5,6)33/h9,11,15,35H,8,10,12-13H2,1-7H3,(H,28,31)(H,29,33);12-13,16,33H,6-11,14H2,1-5H3,(H,26,29)(H,27,31);12-13,16,33H,8-11,14H2,1-7H3,(H,26,29)(H,27,31);7,9,12,14,33H,8,10-11H2,1-6H3,(H,26,28)(H,27,31)/t15-;2*16-;14-/m0000/s1. The number of nitrogens with one attached hydrogen (secondary N) is 8. The maximum atomic E-state index is 14.0. The maximum absolute atomic E-state index is 14.0. The number of aromatic nitrogens is 8. The fourth-order valence-electron chi connectivity index (χ4n) is 15.8. The van der Waals surface area contributed by atoms with Crippen molar-refractivity contribution >= 4 is 116 Å². The second-order valence-corrected chi connectivity index (χ2v) is 45.5. The smallest absolute Gasteiger partial charge is 0.280 e. The lowest BCUT2D eigenvalue weighted by atomic mass is 9.78. The van der Waals surface area contributed by atoms with Crippen LogP contribution in [0.3, 0.4) is 0 Å². The highest BCUT2D eigenvalue weighted by Gasteiger charge is 2.49. The number of thiazole rings is 4. The number of alkyl halides is 4. The van der Waals surface area contributed by atoms with Crippen LogP contribution in [0.2, 0.25) is 0 Å². The highest BCUT2D eigenvalue weighted by molar-refractivity contribution is 7.18. The number of likely N-dealkylation sites (tertiary alicyclic amines) is 4. The van der Waals surface area contributed by atoms with Crippen molar-refractivity contribution in [3.63, 3.8) is 0 Å². The first-order valence-electron chi connectivity index (χ1n) is 47.0. The number of aryl methyl sites for hydroxylation is 4. The van der Waals surface area contributed by atoms with Crippen LogP contribution in [0.25, 0.3) is 41.8 Å². The summed E-state index contributed by atoms with van der Waals surface area (Å²) in [5, 5.41) is 64.4. The van der Waals surface area contributed by atoms with Crippen molar-refractivity contribution in [3.8, 4) is 41.8 Å². The largest absolute Gasteiger partial charge is 0.389 e. The highest BCUT2D eigenvalue weighted by atomic mass is 32.1. The Morgan fingerprint density at radius 2 is 0.688 bits per heavy atom. The second kappa shape index (κ2) is 43.8. The van der Waals surface area contributed by atoms with Crippen LogP contribution in [-0.4, -0.2) is 261 Å². The molecule has 13 rings (SSSR count). The summed E-state index contributed by atoms with van der Waals surface area (Å²) >= 11 is 4.37. The lowest BCUT2D eigenvalue weighted by Crippen LogP contribution is -2.41. The molecule has 5 fully saturated rings. The molecule has 138 heavy (non-hydrogen) atoms. The third kappa shape index (κ3) is 29.2. The third-order valence-corrected chi connectivity index (χ3v) is 28.8. The van der Waals surface area contributed by atoms with Gasteiger partial charge < -0.3 is 82.6 Å². The van der Waals surface area contributed by atoms with Gasteiger partial charge in [-0.2, -0.15) is 0 Å². The van der Waals surface area contributed by atoms with Gasteiger partial charge in [-0.3, -0.25) is 38.4 Å². The van der Waals surface area contributed by atoms with Gasteiger partial charge in [-0.15, -0.1) is 45.3 Å². The molecule has 754 valence electrons. The van der Waals surface area contributed by atoms with Gasteiger partial charge in [0.05, 0.1) is 55.0 Å². The molecule has 1 aliphatic carbocycles. The molecule has 4 saturated heterocycles. The van der Waals surface area contributed by atoms with Crippen LogP contribution in [0.5, 0.6) is 0 Å². The molecule has 0 unspecified atom stereocenters. The number of anilines is 4. The molecule has 8 aromatic heterocycles. The molecule has 8 aromatic rings. The molecule has 4 aliphatic heterocycles. The number of carbonyl (C=O) groups is 8. The Balaban J connectivity index is 0.000000190. The quantitative estimate of drug-likeness (QED) is 0.0186.